The smallest absolute Gasteiger partial charge is 0.381 e. The van der Waals surface area contributed by atoms with Crippen LogP contribution in [0.3, 0.4) is 0 Å². The summed E-state index contributed by atoms with van der Waals surface area (Å²) in [6, 6.07) is 3.62. The summed E-state index contributed by atoms with van der Waals surface area (Å²) in [7, 11) is 0. The second-order valence-electron chi connectivity index (χ2n) is 12.1. The molecule has 0 unspecified atom stereocenters. The molecule has 3 aliphatic rings. The Morgan fingerprint density at radius 3 is 2.45 bits per heavy atom. The Morgan fingerprint density at radius 2 is 1.84 bits per heavy atom. The predicted molar refractivity (Wildman–Crippen MR) is 145 cm³/mol. The molecule has 3 aromatic rings. The number of rotatable bonds is 6. The molecular formula is C29H30F6N6O3. The van der Waals surface area contributed by atoms with Crippen molar-refractivity contribution in [3.63, 3.8) is 0 Å². The molecule has 1 aliphatic heterocycles. The fourth-order valence-electron chi connectivity index (χ4n) is 6.30. The van der Waals surface area contributed by atoms with E-state index in [1.54, 1.807) is 0 Å². The maximum atomic E-state index is 14.2. The number of carbonyl (C=O) groups excluding carboxylic acids is 2. The van der Waals surface area contributed by atoms with Gasteiger partial charge in [0, 0.05) is 30.9 Å². The molecule has 0 radical (unpaired) electrons. The molecule has 4 N–H and O–H groups in total. The van der Waals surface area contributed by atoms with Crippen molar-refractivity contribution in [2.75, 3.05) is 12.3 Å². The largest absolute Gasteiger partial charge is 0.417 e. The number of nitrogen functional groups attached to an aromatic ring is 1. The molecule has 2 fully saturated rings. The van der Waals surface area contributed by atoms with Crippen LogP contribution in [0.2, 0.25) is 0 Å². The molecule has 1 aromatic carbocycles. The number of nitrogens with two attached hydrogens (primary N) is 1. The van der Waals surface area contributed by atoms with Gasteiger partial charge in [-0.2, -0.15) is 26.3 Å². The van der Waals surface area contributed by atoms with Crippen molar-refractivity contribution in [3.05, 3.63) is 46.6 Å². The van der Waals surface area contributed by atoms with E-state index in [1.807, 2.05) is 6.92 Å². The standard InChI is InChI=1S/C29H30F6N6O3/c1-14(16-2-3-16)40-13-18-10-17(11-19(28(30,31)32)21(18)26(40)43)20-6-9-41-24(38-20)22(23(36)39-41)25(42)37-12-15-4-7-27(44,8-5-15)29(33,34)35/h6,9-11,14-16,44H,2-5,7-8,12-13H2,1H3,(H2,36,39)(H,37,42)/t14-,15?,27?/m0/s1. The number of anilines is 1. The average molecular weight is 625 g/mol. The molecular weight excluding hydrogens is 594 g/mol. The van der Waals surface area contributed by atoms with Gasteiger partial charge in [-0.05, 0) is 81.0 Å². The lowest BCUT2D eigenvalue weighted by atomic mass is 9.78. The number of aliphatic hydroxyl groups is 1. The van der Waals surface area contributed by atoms with E-state index in [4.69, 9.17) is 5.73 Å². The van der Waals surface area contributed by atoms with Crippen LogP contribution in [0.1, 0.15) is 77.3 Å². The Kier molecular flexibility index (Phi) is 7.09. The Hall–Kier alpha value is -3.88. The molecule has 236 valence electrons. The maximum absolute atomic E-state index is 14.2. The molecule has 44 heavy (non-hydrogen) atoms. The van der Waals surface area contributed by atoms with Crippen LogP contribution < -0.4 is 11.1 Å². The van der Waals surface area contributed by atoms with E-state index in [-0.39, 0.29) is 83.2 Å². The maximum Gasteiger partial charge on any atom is 0.417 e. The van der Waals surface area contributed by atoms with Crippen LogP contribution in [0.5, 0.6) is 0 Å². The topological polar surface area (TPSA) is 126 Å². The van der Waals surface area contributed by atoms with Gasteiger partial charge in [0.25, 0.3) is 11.8 Å². The number of halogens is 6. The number of alkyl halides is 6. The second kappa shape index (κ2) is 10.3. The lowest BCUT2D eigenvalue weighted by molar-refractivity contribution is -0.271. The van der Waals surface area contributed by atoms with Crippen LogP contribution >= 0.6 is 0 Å². The Morgan fingerprint density at radius 1 is 1.16 bits per heavy atom. The summed E-state index contributed by atoms with van der Waals surface area (Å²) >= 11 is 0. The molecule has 2 amide bonds. The number of carbonyl (C=O) groups is 2. The van der Waals surface area contributed by atoms with Crippen LogP contribution in [0.4, 0.5) is 32.2 Å². The summed E-state index contributed by atoms with van der Waals surface area (Å²) in [5, 5.41) is 16.6. The fraction of sp³-hybridized carbons (Fsp3) is 0.517. The van der Waals surface area contributed by atoms with Gasteiger partial charge in [0.1, 0.15) is 5.56 Å². The minimum Gasteiger partial charge on any atom is -0.381 e. The SMILES string of the molecule is C[C@@H](C1CC1)N1Cc2cc(-c3ccn4nc(N)c(C(=O)NCC5CCC(O)(C(F)(F)F)CC5)c4n3)cc(C(F)(F)F)c2C1=O. The van der Waals surface area contributed by atoms with Gasteiger partial charge < -0.3 is 21.1 Å². The molecule has 0 saturated heterocycles. The number of benzene rings is 1. The Balaban J connectivity index is 1.26. The van der Waals surface area contributed by atoms with E-state index >= 15 is 0 Å². The monoisotopic (exact) mass is 624 g/mol. The van der Waals surface area contributed by atoms with E-state index < -0.39 is 48.2 Å². The van der Waals surface area contributed by atoms with Gasteiger partial charge in [-0.15, -0.1) is 5.10 Å². The first-order valence-corrected chi connectivity index (χ1v) is 14.3. The van der Waals surface area contributed by atoms with Crippen LogP contribution in [-0.4, -0.2) is 60.8 Å². The highest BCUT2D eigenvalue weighted by Gasteiger charge is 2.54. The van der Waals surface area contributed by atoms with Crippen molar-refractivity contribution in [2.45, 2.75) is 76.0 Å². The molecule has 2 aliphatic carbocycles. The van der Waals surface area contributed by atoms with Gasteiger partial charge in [-0.3, -0.25) is 9.59 Å². The van der Waals surface area contributed by atoms with Crippen LogP contribution in [0, 0.1) is 11.8 Å². The van der Waals surface area contributed by atoms with E-state index in [0.717, 1.165) is 18.9 Å². The van der Waals surface area contributed by atoms with Crippen molar-refractivity contribution in [2.24, 2.45) is 11.8 Å². The summed E-state index contributed by atoms with van der Waals surface area (Å²) < 4.78 is 83.3. The summed E-state index contributed by atoms with van der Waals surface area (Å²) in [4.78, 5) is 32.2. The highest BCUT2D eigenvalue weighted by atomic mass is 19.4. The molecule has 15 heteroatoms. The highest BCUT2D eigenvalue weighted by Crippen LogP contribution is 2.44. The number of nitrogens with zero attached hydrogens (tertiary/aromatic N) is 4. The van der Waals surface area contributed by atoms with Crippen molar-refractivity contribution in [1.29, 1.82) is 0 Å². The summed E-state index contributed by atoms with van der Waals surface area (Å²) in [6.45, 7) is 1.91. The fourth-order valence-corrected chi connectivity index (χ4v) is 6.30. The van der Waals surface area contributed by atoms with Crippen molar-refractivity contribution < 1.29 is 41.0 Å². The Bertz CT molecular complexity index is 1640. The van der Waals surface area contributed by atoms with Crippen molar-refractivity contribution >= 4 is 23.3 Å². The Labute approximate surface area is 247 Å². The zero-order chi connectivity index (χ0) is 31.8. The van der Waals surface area contributed by atoms with Gasteiger partial charge >= 0.3 is 12.4 Å². The van der Waals surface area contributed by atoms with Crippen molar-refractivity contribution in [3.8, 4) is 11.3 Å². The number of nitrogens with one attached hydrogen (secondary N) is 1. The van der Waals surface area contributed by atoms with Gasteiger partial charge in [0.15, 0.2) is 17.1 Å². The minimum atomic E-state index is -4.81. The van der Waals surface area contributed by atoms with E-state index in [0.29, 0.717) is 0 Å². The van der Waals surface area contributed by atoms with Gasteiger partial charge in [-0.1, -0.05) is 0 Å². The lowest BCUT2D eigenvalue weighted by Gasteiger charge is -2.37. The molecule has 0 bridgehead atoms. The van der Waals surface area contributed by atoms with Crippen LogP contribution in [-0.2, 0) is 12.7 Å². The molecule has 6 rings (SSSR count). The third-order valence-electron chi connectivity index (χ3n) is 9.18. The van der Waals surface area contributed by atoms with Gasteiger partial charge in [0.05, 0.1) is 16.8 Å². The second-order valence-corrected chi connectivity index (χ2v) is 12.1. The number of hydrogen-bond acceptors (Lipinski definition) is 6. The number of fused-ring (bicyclic) bond motifs is 2. The number of amides is 2. The molecule has 2 saturated carbocycles. The third-order valence-corrected chi connectivity index (χ3v) is 9.18. The number of aromatic nitrogens is 3. The van der Waals surface area contributed by atoms with Crippen LogP contribution in [0.25, 0.3) is 16.9 Å². The van der Waals surface area contributed by atoms with E-state index in [1.165, 1.54) is 27.7 Å². The van der Waals surface area contributed by atoms with E-state index in [2.05, 4.69) is 15.4 Å². The first-order valence-electron chi connectivity index (χ1n) is 14.3. The molecule has 2 aromatic heterocycles. The quantitative estimate of drug-likeness (QED) is 0.333. The summed E-state index contributed by atoms with van der Waals surface area (Å²) in [5.41, 5.74) is 2.11. The molecule has 0 spiro atoms. The van der Waals surface area contributed by atoms with Gasteiger partial charge in [0.2, 0.25) is 0 Å². The zero-order valence-electron chi connectivity index (χ0n) is 23.6. The highest BCUT2D eigenvalue weighted by molar-refractivity contribution is 6.04. The molecule has 1 atom stereocenters. The van der Waals surface area contributed by atoms with Gasteiger partial charge in [-0.25, -0.2) is 9.50 Å². The summed E-state index contributed by atoms with van der Waals surface area (Å²) in [6.07, 6.45) is -7.17. The molecule has 3 heterocycles. The number of hydrogen-bond donors (Lipinski definition) is 3. The lowest BCUT2D eigenvalue weighted by Crippen LogP contribution is -2.48. The van der Waals surface area contributed by atoms with E-state index in [9.17, 15) is 41.0 Å². The first kappa shape index (κ1) is 30.2. The first-order chi connectivity index (χ1) is 20.6. The zero-order valence-corrected chi connectivity index (χ0v) is 23.6. The van der Waals surface area contributed by atoms with Crippen LogP contribution in [0.15, 0.2) is 24.4 Å². The predicted octanol–water partition coefficient (Wildman–Crippen LogP) is 4.97. The molecule has 9 nitrogen and oxygen atoms in total. The minimum absolute atomic E-state index is 0.0206. The normalized spacial score (nSPS) is 23.2. The average Bonchev–Trinajstić information content (AvgIpc) is 3.67. The third kappa shape index (κ3) is 5.24. The summed E-state index contributed by atoms with van der Waals surface area (Å²) in [5.74, 6) is -1.58. The van der Waals surface area contributed by atoms with Crippen molar-refractivity contribution in [1.82, 2.24) is 24.8 Å².